The van der Waals surface area contributed by atoms with Gasteiger partial charge in [0.15, 0.2) is 0 Å². The first kappa shape index (κ1) is 15.1. The van der Waals surface area contributed by atoms with Crippen molar-refractivity contribution in [3.05, 3.63) is 35.9 Å². The van der Waals surface area contributed by atoms with Crippen LogP contribution in [0.3, 0.4) is 0 Å². The van der Waals surface area contributed by atoms with Crippen molar-refractivity contribution in [3.63, 3.8) is 0 Å². The summed E-state index contributed by atoms with van der Waals surface area (Å²) in [6, 6.07) is 9.56. The molecule has 1 amide bonds. The molecule has 0 heterocycles. The molecular formula is C18H23NO3. The van der Waals surface area contributed by atoms with Gasteiger partial charge in [0.05, 0.1) is 0 Å². The Balaban J connectivity index is 1.55. The number of carbonyl (C=O) groups excluding carboxylic acids is 1. The largest absolute Gasteiger partial charge is 0.480 e. The first-order chi connectivity index (χ1) is 10.6. The van der Waals surface area contributed by atoms with Crippen molar-refractivity contribution in [2.45, 2.75) is 50.5 Å². The molecule has 22 heavy (non-hydrogen) atoms. The Bertz CT molecular complexity index is 539. The van der Waals surface area contributed by atoms with E-state index in [0.29, 0.717) is 18.3 Å². The Hall–Kier alpha value is -1.84. The predicted molar refractivity (Wildman–Crippen MR) is 83.4 cm³/mol. The lowest BCUT2D eigenvalue weighted by molar-refractivity contribution is -0.142. The summed E-state index contributed by atoms with van der Waals surface area (Å²) in [7, 11) is 0. The number of rotatable bonds is 6. The molecule has 2 aliphatic rings. The monoisotopic (exact) mass is 301 g/mol. The lowest BCUT2D eigenvalue weighted by Crippen LogP contribution is -2.43. The zero-order chi connectivity index (χ0) is 15.5. The number of hydrogen-bond acceptors (Lipinski definition) is 2. The Morgan fingerprint density at radius 1 is 1.14 bits per heavy atom. The third kappa shape index (κ3) is 3.67. The Morgan fingerprint density at radius 3 is 2.50 bits per heavy atom. The van der Waals surface area contributed by atoms with Gasteiger partial charge in [-0.25, -0.2) is 4.79 Å². The van der Waals surface area contributed by atoms with E-state index in [4.69, 9.17) is 0 Å². The van der Waals surface area contributed by atoms with Crippen molar-refractivity contribution < 1.29 is 14.7 Å². The minimum Gasteiger partial charge on any atom is -0.480 e. The molecule has 3 rings (SSSR count). The Labute approximate surface area is 130 Å². The van der Waals surface area contributed by atoms with Crippen LogP contribution in [-0.2, 0) is 9.59 Å². The molecule has 0 radical (unpaired) electrons. The summed E-state index contributed by atoms with van der Waals surface area (Å²) >= 11 is 0. The number of nitrogens with one attached hydrogen (secondary N) is 1. The van der Waals surface area contributed by atoms with E-state index in [0.717, 1.165) is 32.1 Å². The van der Waals surface area contributed by atoms with E-state index in [9.17, 15) is 14.7 Å². The lowest BCUT2D eigenvalue weighted by Gasteiger charge is -2.17. The van der Waals surface area contributed by atoms with Gasteiger partial charge in [0.1, 0.15) is 6.04 Å². The maximum atomic E-state index is 12.4. The zero-order valence-electron chi connectivity index (χ0n) is 12.7. The molecule has 0 bridgehead atoms. The van der Waals surface area contributed by atoms with E-state index in [-0.39, 0.29) is 11.8 Å². The molecule has 4 heteroatoms. The van der Waals surface area contributed by atoms with Crippen molar-refractivity contribution in [2.75, 3.05) is 0 Å². The highest BCUT2D eigenvalue weighted by molar-refractivity contribution is 5.85. The number of benzene rings is 1. The first-order valence-corrected chi connectivity index (χ1v) is 8.21. The normalized spacial score (nSPS) is 25.6. The molecule has 3 atom stereocenters. The fourth-order valence-electron chi connectivity index (χ4n) is 3.45. The number of aliphatic carboxylic acids is 1. The van der Waals surface area contributed by atoms with Gasteiger partial charge < -0.3 is 10.4 Å². The van der Waals surface area contributed by atoms with Crippen LogP contribution in [0.5, 0.6) is 0 Å². The number of carboxylic acid groups (broad SMARTS) is 1. The summed E-state index contributed by atoms with van der Waals surface area (Å²) in [6.45, 7) is 0. The van der Waals surface area contributed by atoms with Gasteiger partial charge in [-0.2, -0.15) is 0 Å². The second kappa shape index (κ2) is 6.51. The highest BCUT2D eigenvalue weighted by atomic mass is 16.4. The smallest absolute Gasteiger partial charge is 0.326 e. The molecule has 2 saturated carbocycles. The molecule has 2 N–H and O–H groups in total. The van der Waals surface area contributed by atoms with E-state index in [1.54, 1.807) is 0 Å². The first-order valence-electron chi connectivity index (χ1n) is 8.21. The quantitative estimate of drug-likeness (QED) is 0.849. The summed E-state index contributed by atoms with van der Waals surface area (Å²) in [5.74, 6) is -0.124. The summed E-state index contributed by atoms with van der Waals surface area (Å²) in [5.41, 5.74) is 1.28. The maximum Gasteiger partial charge on any atom is 0.326 e. The van der Waals surface area contributed by atoms with Gasteiger partial charge in [0.25, 0.3) is 0 Å². The van der Waals surface area contributed by atoms with Gasteiger partial charge in [-0.1, -0.05) is 43.2 Å². The molecule has 0 aromatic heterocycles. The molecule has 1 aromatic carbocycles. The highest BCUT2D eigenvalue weighted by Crippen LogP contribution is 2.38. The third-order valence-electron chi connectivity index (χ3n) is 4.95. The van der Waals surface area contributed by atoms with Crippen LogP contribution >= 0.6 is 0 Å². The Kier molecular flexibility index (Phi) is 4.46. The summed E-state index contributed by atoms with van der Waals surface area (Å²) in [6.07, 6.45) is 5.45. The average Bonchev–Trinajstić information content (AvgIpc) is 3.20. The van der Waals surface area contributed by atoms with Gasteiger partial charge in [0.2, 0.25) is 5.91 Å². The molecule has 118 valence electrons. The van der Waals surface area contributed by atoms with Gasteiger partial charge in [-0.3, -0.25) is 4.79 Å². The van der Waals surface area contributed by atoms with E-state index < -0.39 is 12.0 Å². The fourth-order valence-corrected chi connectivity index (χ4v) is 3.45. The minimum atomic E-state index is -0.905. The van der Waals surface area contributed by atoms with Crippen molar-refractivity contribution in [3.8, 4) is 0 Å². The molecular weight excluding hydrogens is 278 g/mol. The second-order valence-electron chi connectivity index (χ2n) is 6.70. The molecule has 0 spiro atoms. The number of carbonyl (C=O) groups is 2. The molecule has 2 aliphatic carbocycles. The van der Waals surface area contributed by atoms with E-state index >= 15 is 0 Å². The third-order valence-corrected chi connectivity index (χ3v) is 4.95. The number of hydrogen-bond donors (Lipinski definition) is 2. The van der Waals surface area contributed by atoms with Crippen LogP contribution < -0.4 is 5.32 Å². The van der Waals surface area contributed by atoms with Gasteiger partial charge in [-0.15, -0.1) is 0 Å². The topological polar surface area (TPSA) is 66.4 Å². The van der Waals surface area contributed by atoms with E-state index in [1.807, 2.05) is 18.2 Å². The standard InChI is InChI=1S/C18H23NO3/c20-17(19-16(18(21)22)10-12-6-7-12)15-9-8-14(11-15)13-4-2-1-3-5-13/h1-5,12,14-16H,6-11H2,(H,19,20)(H,21,22)/t14-,15-,16?/m0/s1. The van der Waals surface area contributed by atoms with Crippen molar-refractivity contribution in [1.29, 1.82) is 0 Å². The van der Waals surface area contributed by atoms with Crippen LogP contribution in [0.4, 0.5) is 0 Å². The molecule has 1 unspecified atom stereocenters. The van der Waals surface area contributed by atoms with Crippen LogP contribution in [0.15, 0.2) is 30.3 Å². The van der Waals surface area contributed by atoms with Crippen molar-refractivity contribution >= 4 is 11.9 Å². The van der Waals surface area contributed by atoms with Crippen LogP contribution in [0.1, 0.15) is 50.0 Å². The minimum absolute atomic E-state index is 0.0498. The SMILES string of the molecule is O=C(O)C(CC1CC1)NC(=O)[C@H]1CC[C@H](c2ccccc2)C1. The van der Waals surface area contributed by atoms with Crippen molar-refractivity contribution in [1.82, 2.24) is 5.32 Å². The fraction of sp³-hybridized carbons (Fsp3) is 0.556. The highest BCUT2D eigenvalue weighted by Gasteiger charge is 2.35. The molecule has 0 aliphatic heterocycles. The lowest BCUT2D eigenvalue weighted by atomic mass is 9.96. The van der Waals surface area contributed by atoms with Crippen LogP contribution in [0, 0.1) is 11.8 Å². The van der Waals surface area contributed by atoms with E-state index in [2.05, 4.69) is 17.4 Å². The van der Waals surface area contributed by atoms with Crippen LogP contribution in [0.25, 0.3) is 0 Å². The second-order valence-corrected chi connectivity index (χ2v) is 6.70. The van der Waals surface area contributed by atoms with Gasteiger partial charge in [-0.05, 0) is 43.1 Å². The summed E-state index contributed by atoms with van der Waals surface area (Å²) in [4.78, 5) is 23.6. The van der Waals surface area contributed by atoms with Gasteiger partial charge in [0, 0.05) is 5.92 Å². The maximum absolute atomic E-state index is 12.4. The Morgan fingerprint density at radius 2 is 1.86 bits per heavy atom. The average molecular weight is 301 g/mol. The van der Waals surface area contributed by atoms with Gasteiger partial charge >= 0.3 is 5.97 Å². The molecule has 2 fully saturated rings. The predicted octanol–water partition coefficient (Wildman–Crippen LogP) is 2.94. The molecule has 1 aromatic rings. The number of amides is 1. The molecule has 0 saturated heterocycles. The zero-order valence-corrected chi connectivity index (χ0v) is 12.7. The summed E-state index contributed by atoms with van der Waals surface area (Å²) < 4.78 is 0. The van der Waals surface area contributed by atoms with Crippen molar-refractivity contribution in [2.24, 2.45) is 11.8 Å². The number of carboxylic acids is 1. The van der Waals surface area contributed by atoms with Crippen LogP contribution in [-0.4, -0.2) is 23.0 Å². The van der Waals surface area contributed by atoms with E-state index in [1.165, 1.54) is 5.56 Å². The van der Waals surface area contributed by atoms with Crippen LogP contribution in [0.2, 0.25) is 0 Å². The molecule has 4 nitrogen and oxygen atoms in total. The summed E-state index contributed by atoms with van der Waals surface area (Å²) in [5, 5.41) is 12.0.